The number of nitrogens with zero attached hydrogens (tertiary/aromatic N) is 1. The number of methoxy groups -OCH3 is 1. The third kappa shape index (κ3) is 2.97. The Bertz CT molecular complexity index is 1050. The molecule has 1 aliphatic carbocycles. The van der Waals surface area contributed by atoms with Crippen LogP contribution in [-0.4, -0.2) is 30.5 Å². The van der Waals surface area contributed by atoms with Crippen LogP contribution in [0, 0.1) is 16.0 Å². The molecule has 30 heavy (non-hydrogen) atoms. The molecule has 0 N–H and O–H groups in total. The second-order valence-electron chi connectivity index (χ2n) is 7.67. The van der Waals surface area contributed by atoms with Gasteiger partial charge in [-0.25, -0.2) is 0 Å². The van der Waals surface area contributed by atoms with Gasteiger partial charge in [0.15, 0.2) is 6.61 Å². The molecule has 0 amide bonds. The highest BCUT2D eigenvalue weighted by Crippen LogP contribution is 2.58. The van der Waals surface area contributed by atoms with E-state index in [0.717, 1.165) is 0 Å². The van der Waals surface area contributed by atoms with Crippen LogP contribution in [0.4, 0.5) is 0 Å². The molecule has 1 heterocycles. The average molecular weight is 448 g/mol. The van der Waals surface area contributed by atoms with Crippen LogP contribution < -0.4 is 9.47 Å². The second kappa shape index (κ2) is 7.60. The van der Waals surface area contributed by atoms with Crippen LogP contribution in [-0.2, 0) is 4.79 Å². The summed E-state index contributed by atoms with van der Waals surface area (Å²) in [5, 5.41) is 13.4. The molecule has 0 bridgehead atoms. The summed E-state index contributed by atoms with van der Waals surface area (Å²) in [6.45, 7) is 1.64. The van der Waals surface area contributed by atoms with Gasteiger partial charge >= 0.3 is 0 Å². The number of ether oxygens (including phenoxy) is 2. The fourth-order valence-corrected chi connectivity index (χ4v) is 5.52. The van der Waals surface area contributed by atoms with Gasteiger partial charge in [-0.3, -0.25) is 14.9 Å². The zero-order valence-electron chi connectivity index (χ0n) is 16.3. The van der Waals surface area contributed by atoms with Crippen molar-refractivity contribution in [3.8, 4) is 11.5 Å². The van der Waals surface area contributed by atoms with Crippen LogP contribution in [0.15, 0.2) is 48.0 Å². The molecule has 2 aliphatic rings. The van der Waals surface area contributed by atoms with Crippen molar-refractivity contribution < 1.29 is 19.2 Å². The van der Waals surface area contributed by atoms with Gasteiger partial charge in [0.25, 0.3) is 5.54 Å². The summed E-state index contributed by atoms with van der Waals surface area (Å²) in [5.74, 6) is -0.657. The number of fused-ring (bicyclic) bond motifs is 3. The smallest absolute Gasteiger partial charge is 0.273 e. The van der Waals surface area contributed by atoms with E-state index in [2.05, 4.69) is 0 Å². The Morgan fingerprint density at radius 2 is 1.97 bits per heavy atom. The lowest BCUT2D eigenvalue weighted by Crippen LogP contribution is -2.59. The molecule has 0 saturated heterocycles. The number of carbonyl (C=O) groups excluding carboxylic acids is 1. The normalized spacial score (nSPS) is 27.2. The Morgan fingerprint density at radius 1 is 1.27 bits per heavy atom. The van der Waals surface area contributed by atoms with Crippen molar-refractivity contribution in [2.24, 2.45) is 5.92 Å². The van der Waals surface area contributed by atoms with Crippen molar-refractivity contribution in [2.45, 2.75) is 24.3 Å². The van der Waals surface area contributed by atoms with Crippen LogP contribution in [0.5, 0.6) is 11.5 Å². The monoisotopic (exact) mass is 447 g/mol. The first-order chi connectivity index (χ1) is 14.3. The van der Waals surface area contributed by atoms with Crippen molar-refractivity contribution in [3.63, 3.8) is 0 Å². The first-order valence-electron chi connectivity index (χ1n) is 9.40. The average Bonchev–Trinajstić information content (AvgIpc) is 2.72. The van der Waals surface area contributed by atoms with E-state index >= 15 is 0 Å². The molecule has 0 unspecified atom stereocenters. The summed E-state index contributed by atoms with van der Waals surface area (Å²) >= 11 is 12.6. The zero-order valence-corrected chi connectivity index (χ0v) is 17.8. The van der Waals surface area contributed by atoms with E-state index in [-0.39, 0.29) is 17.4 Å². The number of benzene rings is 2. The van der Waals surface area contributed by atoms with E-state index in [1.165, 1.54) is 0 Å². The molecule has 4 rings (SSSR count). The Balaban J connectivity index is 1.99. The minimum atomic E-state index is -1.60. The predicted octanol–water partition coefficient (Wildman–Crippen LogP) is 5.05. The lowest BCUT2D eigenvalue weighted by molar-refractivity contribution is -0.584. The molecule has 0 radical (unpaired) electrons. The standard InChI is InChI=1S/C22H19Cl2NO5/c1-12-7-14(10-26)20(13-3-5-16(29-2)6-4-13)22(25(27)28)11-30-21-17(19(12)22)8-15(23)9-18(21)24/h3-10,12,19-20H,11H2,1-2H3/t12-,19-,20+,22+/m1/s1. The van der Waals surface area contributed by atoms with Crippen LogP contribution in [0.2, 0.25) is 10.0 Å². The molecule has 0 saturated carbocycles. The second-order valence-corrected chi connectivity index (χ2v) is 8.51. The van der Waals surface area contributed by atoms with Crippen molar-refractivity contribution >= 4 is 29.5 Å². The van der Waals surface area contributed by atoms with Gasteiger partial charge in [-0.15, -0.1) is 0 Å². The van der Waals surface area contributed by atoms with Gasteiger partial charge < -0.3 is 9.47 Å². The number of hydrogen-bond donors (Lipinski definition) is 0. The number of nitro groups is 1. The van der Waals surface area contributed by atoms with Gasteiger partial charge in [0.05, 0.1) is 24.0 Å². The molecular formula is C22H19Cl2NO5. The molecule has 0 spiro atoms. The molecule has 156 valence electrons. The molecule has 1 aliphatic heterocycles. The van der Waals surface area contributed by atoms with Gasteiger partial charge in [-0.05, 0) is 35.7 Å². The lowest BCUT2D eigenvalue weighted by Gasteiger charge is -2.47. The largest absolute Gasteiger partial charge is 0.497 e. The van der Waals surface area contributed by atoms with Crippen molar-refractivity contribution in [1.82, 2.24) is 0 Å². The maximum absolute atomic E-state index is 12.7. The van der Waals surface area contributed by atoms with Crippen LogP contribution >= 0.6 is 23.2 Å². The molecule has 0 fully saturated rings. The topological polar surface area (TPSA) is 78.7 Å². The van der Waals surface area contributed by atoms with Gasteiger partial charge in [0.1, 0.15) is 17.8 Å². The van der Waals surface area contributed by atoms with Crippen LogP contribution in [0.1, 0.15) is 29.9 Å². The minimum absolute atomic E-state index is 0.217. The van der Waals surface area contributed by atoms with E-state index in [4.69, 9.17) is 32.7 Å². The van der Waals surface area contributed by atoms with Crippen molar-refractivity contribution in [2.75, 3.05) is 13.7 Å². The highest BCUT2D eigenvalue weighted by molar-refractivity contribution is 6.35. The molecule has 2 aromatic rings. The van der Waals surface area contributed by atoms with Crippen LogP contribution in [0.25, 0.3) is 0 Å². The molecule has 4 atom stereocenters. The van der Waals surface area contributed by atoms with Gasteiger partial charge in [0, 0.05) is 21.1 Å². The van der Waals surface area contributed by atoms with E-state index < -0.39 is 17.4 Å². The number of allylic oxidation sites excluding steroid dienone is 1. The highest BCUT2D eigenvalue weighted by atomic mass is 35.5. The zero-order chi connectivity index (χ0) is 21.6. The number of hydrogen-bond acceptors (Lipinski definition) is 5. The maximum atomic E-state index is 12.7. The van der Waals surface area contributed by atoms with Gasteiger partial charge in [-0.1, -0.05) is 48.3 Å². The van der Waals surface area contributed by atoms with E-state index in [9.17, 15) is 14.9 Å². The number of aldehydes is 1. The van der Waals surface area contributed by atoms with Crippen molar-refractivity contribution in [1.29, 1.82) is 0 Å². The molecule has 6 nitrogen and oxygen atoms in total. The molecular weight excluding hydrogens is 429 g/mol. The van der Waals surface area contributed by atoms with Crippen molar-refractivity contribution in [3.05, 3.63) is 79.3 Å². The summed E-state index contributed by atoms with van der Waals surface area (Å²) in [4.78, 5) is 24.4. The SMILES string of the molecule is COc1ccc([C@H]2C(C=O)=C[C@@H](C)[C@@H]3c4cc(Cl)cc(Cl)c4OC[C@@]23[N+](=O)[O-])cc1. The summed E-state index contributed by atoms with van der Waals surface area (Å²) in [6, 6.07) is 10.2. The maximum Gasteiger partial charge on any atom is 0.273 e. The van der Waals surface area contributed by atoms with E-state index in [0.29, 0.717) is 44.5 Å². The number of halogens is 2. The Morgan fingerprint density at radius 3 is 2.57 bits per heavy atom. The molecule has 8 heteroatoms. The molecule has 2 aromatic carbocycles. The highest BCUT2D eigenvalue weighted by Gasteiger charge is 2.65. The Kier molecular flexibility index (Phi) is 5.24. The minimum Gasteiger partial charge on any atom is -0.497 e. The fourth-order valence-electron chi connectivity index (χ4n) is 4.95. The fraction of sp³-hybridized carbons (Fsp3) is 0.318. The summed E-state index contributed by atoms with van der Waals surface area (Å²) < 4.78 is 11.1. The quantitative estimate of drug-likeness (QED) is 0.372. The third-order valence-corrected chi connectivity index (χ3v) is 6.60. The van der Waals surface area contributed by atoms with Gasteiger partial charge in [0.2, 0.25) is 0 Å². The predicted molar refractivity (Wildman–Crippen MR) is 113 cm³/mol. The van der Waals surface area contributed by atoms with E-state index in [1.54, 1.807) is 49.6 Å². The number of rotatable bonds is 4. The summed E-state index contributed by atoms with van der Waals surface area (Å²) in [7, 11) is 1.54. The van der Waals surface area contributed by atoms with E-state index in [1.807, 2.05) is 6.92 Å². The molecule has 0 aromatic heterocycles. The lowest BCUT2D eigenvalue weighted by atomic mass is 9.58. The summed E-state index contributed by atoms with van der Waals surface area (Å²) in [5.41, 5.74) is -0.00797. The van der Waals surface area contributed by atoms with Crippen LogP contribution in [0.3, 0.4) is 0 Å². The summed E-state index contributed by atoms with van der Waals surface area (Å²) in [6.07, 6.45) is 2.51. The third-order valence-electron chi connectivity index (χ3n) is 6.10. The Hall–Kier alpha value is -2.57. The first kappa shape index (κ1) is 20.7. The number of carbonyl (C=O) groups is 1. The Labute approximate surface area is 183 Å². The first-order valence-corrected chi connectivity index (χ1v) is 10.2. The van der Waals surface area contributed by atoms with Gasteiger partial charge in [-0.2, -0.15) is 0 Å².